The minimum Gasteiger partial charge on any atom is -0.454 e. The lowest BCUT2D eigenvalue weighted by atomic mass is 9.94. The molecule has 144 valence electrons. The number of aliphatic hydroxyl groups is 1. The van der Waals surface area contributed by atoms with Gasteiger partial charge in [-0.2, -0.15) is 0 Å². The summed E-state index contributed by atoms with van der Waals surface area (Å²) >= 11 is 0. The van der Waals surface area contributed by atoms with Gasteiger partial charge < -0.3 is 19.6 Å². The van der Waals surface area contributed by atoms with E-state index < -0.39 is 6.10 Å². The van der Waals surface area contributed by atoms with Gasteiger partial charge in [0.15, 0.2) is 11.4 Å². The van der Waals surface area contributed by atoms with Crippen LogP contribution in [-0.2, 0) is 4.74 Å². The van der Waals surface area contributed by atoms with Gasteiger partial charge in [0.2, 0.25) is 0 Å². The van der Waals surface area contributed by atoms with E-state index in [-0.39, 0.29) is 5.92 Å². The number of furan rings is 1. The number of ether oxygens (including phenoxy) is 1. The Morgan fingerprint density at radius 3 is 2.89 bits per heavy atom. The summed E-state index contributed by atoms with van der Waals surface area (Å²) in [5.74, 6) is 1.68. The van der Waals surface area contributed by atoms with Crippen LogP contribution < -0.4 is 5.32 Å². The predicted octanol–water partition coefficient (Wildman–Crippen LogP) is 3.34. The van der Waals surface area contributed by atoms with Gasteiger partial charge in [-0.25, -0.2) is 9.50 Å². The Morgan fingerprint density at radius 1 is 1.18 bits per heavy atom. The molecular formula is C21H22N4O3. The van der Waals surface area contributed by atoms with Gasteiger partial charge in [0.1, 0.15) is 17.1 Å². The van der Waals surface area contributed by atoms with Crippen molar-refractivity contribution in [2.45, 2.75) is 18.9 Å². The number of imidazole rings is 1. The van der Waals surface area contributed by atoms with E-state index in [9.17, 15) is 5.11 Å². The Hall–Kier alpha value is -2.90. The molecule has 0 amide bonds. The molecule has 0 aliphatic carbocycles. The highest BCUT2D eigenvalue weighted by molar-refractivity contribution is 5.82. The number of aromatic nitrogens is 3. The maximum atomic E-state index is 10.4. The van der Waals surface area contributed by atoms with Crippen molar-refractivity contribution in [3.8, 4) is 11.5 Å². The van der Waals surface area contributed by atoms with Crippen LogP contribution in [0.15, 0.2) is 53.1 Å². The van der Waals surface area contributed by atoms with Crippen molar-refractivity contribution >= 4 is 22.4 Å². The van der Waals surface area contributed by atoms with E-state index in [1.807, 2.05) is 42.5 Å². The number of benzene rings is 1. The van der Waals surface area contributed by atoms with Crippen LogP contribution in [0.25, 0.3) is 28.1 Å². The van der Waals surface area contributed by atoms with E-state index >= 15 is 0 Å². The first kappa shape index (κ1) is 17.2. The van der Waals surface area contributed by atoms with Crippen LogP contribution in [0.3, 0.4) is 0 Å². The monoisotopic (exact) mass is 378 g/mol. The Labute approximate surface area is 161 Å². The molecule has 2 N–H and O–H groups in total. The Morgan fingerprint density at radius 2 is 2.04 bits per heavy atom. The normalized spacial score (nSPS) is 16.6. The van der Waals surface area contributed by atoms with Crippen LogP contribution in [0, 0.1) is 5.92 Å². The second kappa shape index (κ2) is 7.26. The first-order valence-corrected chi connectivity index (χ1v) is 9.61. The zero-order valence-electron chi connectivity index (χ0n) is 15.4. The van der Waals surface area contributed by atoms with Gasteiger partial charge in [-0.1, -0.05) is 18.2 Å². The van der Waals surface area contributed by atoms with E-state index in [4.69, 9.17) is 9.15 Å². The molecule has 0 saturated carbocycles. The van der Waals surface area contributed by atoms with Gasteiger partial charge in [-0.3, -0.25) is 0 Å². The number of nitrogens with one attached hydrogen (secondary N) is 1. The average molecular weight is 378 g/mol. The summed E-state index contributed by atoms with van der Waals surface area (Å²) in [4.78, 5) is 4.42. The smallest absolute Gasteiger partial charge is 0.155 e. The van der Waals surface area contributed by atoms with Gasteiger partial charge in [-0.05, 0) is 43.0 Å². The van der Waals surface area contributed by atoms with E-state index in [1.54, 1.807) is 10.7 Å². The predicted molar refractivity (Wildman–Crippen MR) is 106 cm³/mol. The number of para-hydroxylation sites is 1. The van der Waals surface area contributed by atoms with Gasteiger partial charge in [0.25, 0.3) is 0 Å². The van der Waals surface area contributed by atoms with Crippen molar-refractivity contribution in [2.24, 2.45) is 5.92 Å². The van der Waals surface area contributed by atoms with Crippen LogP contribution in [0.4, 0.5) is 5.82 Å². The molecule has 4 heterocycles. The third-order valence-electron chi connectivity index (χ3n) is 5.34. The largest absolute Gasteiger partial charge is 0.454 e. The molecule has 0 bridgehead atoms. The molecule has 0 unspecified atom stereocenters. The van der Waals surface area contributed by atoms with Crippen molar-refractivity contribution in [1.82, 2.24) is 14.6 Å². The maximum absolute atomic E-state index is 10.4. The SMILES string of the molecule is O[C@@H](CNc1ccc2ncc(-c3cc4ccccc4o3)n2n1)C1CCOCC1. The van der Waals surface area contributed by atoms with Crippen LogP contribution in [0.1, 0.15) is 12.8 Å². The molecule has 1 aliphatic heterocycles. The molecule has 0 radical (unpaired) electrons. The van der Waals surface area contributed by atoms with E-state index in [0.29, 0.717) is 12.4 Å². The van der Waals surface area contributed by atoms with E-state index in [0.717, 1.165) is 54.1 Å². The van der Waals surface area contributed by atoms with Crippen LogP contribution in [-0.4, -0.2) is 45.6 Å². The molecule has 0 spiro atoms. The fraction of sp³-hybridized carbons (Fsp3) is 0.333. The number of fused-ring (bicyclic) bond motifs is 2. The minimum atomic E-state index is -0.418. The van der Waals surface area contributed by atoms with Gasteiger partial charge in [-0.15, -0.1) is 5.10 Å². The standard InChI is InChI=1S/C21H22N4O3/c26-17(14-7-9-27-10-8-14)13-22-20-5-6-21-23-12-16(25(21)24-20)19-11-15-3-1-2-4-18(15)28-19/h1-6,11-12,14,17,26H,7-10,13H2,(H,22,24)/t17-/m0/s1. The van der Waals surface area contributed by atoms with Crippen molar-refractivity contribution in [3.63, 3.8) is 0 Å². The molecule has 4 aromatic rings. The third kappa shape index (κ3) is 3.23. The summed E-state index contributed by atoms with van der Waals surface area (Å²) in [6.07, 6.45) is 3.14. The van der Waals surface area contributed by atoms with Crippen LogP contribution in [0.2, 0.25) is 0 Å². The summed E-state index contributed by atoms with van der Waals surface area (Å²) in [6, 6.07) is 13.7. The topological polar surface area (TPSA) is 84.8 Å². The summed E-state index contributed by atoms with van der Waals surface area (Å²) < 4.78 is 13.1. The lowest BCUT2D eigenvalue weighted by Gasteiger charge is -2.26. The fourth-order valence-electron chi connectivity index (χ4n) is 3.72. The average Bonchev–Trinajstić information content (AvgIpc) is 3.36. The van der Waals surface area contributed by atoms with Crippen molar-refractivity contribution in [3.05, 3.63) is 48.7 Å². The highest BCUT2D eigenvalue weighted by Crippen LogP contribution is 2.28. The Bertz CT molecular complexity index is 1060. The minimum absolute atomic E-state index is 0.268. The fourth-order valence-corrected chi connectivity index (χ4v) is 3.72. The van der Waals surface area contributed by atoms with Crippen molar-refractivity contribution < 1.29 is 14.3 Å². The molecule has 1 atom stereocenters. The Kier molecular flexibility index (Phi) is 4.46. The van der Waals surface area contributed by atoms with Crippen LogP contribution >= 0.6 is 0 Å². The lowest BCUT2D eigenvalue weighted by molar-refractivity contribution is 0.0131. The number of aliphatic hydroxyl groups excluding tert-OH is 1. The number of rotatable bonds is 5. The Balaban J connectivity index is 1.38. The molecule has 1 fully saturated rings. The van der Waals surface area contributed by atoms with E-state index in [2.05, 4.69) is 15.4 Å². The van der Waals surface area contributed by atoms with Gasteiger partial charge in [0.05, 0.1) is 12.3 Å². The first-order valence-electron chi connectivity index (χ1n) is 9.61. The first-order chi connectivity index (χ1) is 13.8. The second-order valence-electron chi connectivity index (χ2n) is 7.18. The summed E-state index contributed by atoms with van der Waals surface area (Å²) in [6.45, 7) is 1.90. The molecule has 3 aromatic heterocycles. The molecule has 1 aromatic carbocycles. The number of hydrogen-bond donors (Lipinski definition) is 2. The highest BCUT2D eigenvalue weighted by Gasteiger charge is 2.22. The third-order valence-corrected chi connectivity index (χ3v) is 5.34. The second-order valence-corrected chi connectivity index (χ2v) is 7.18. The highest BCUT2D eigenvalue weighted by atomic mass is 16.5. The molecule has 7 nitrogen and oxygen atoms in total. The summed E-state index contributed by atoms with van der Waals surface area (Å²) in [5, 5.41) is 19.4. The molecule has 1 saturated heterocycles. The number of anilines is 1. The van der Waals surface area contributed by atoms with Crippen molar-refractivity contribution in [1.29, 1.82) is 0 Å². The van der Waals surface area contributed by atoms with Gasteiger partial charge in [0, 0.05) is 25.1 Å². The van der Waals surface area contributed by atoms with Gasteiger partial charge >= 0.3 is 0 Å². The van der Waals surface area contributed by atoms with Crippen molar-refractivity contribution in [2.75, 3.05) is 25.1 Å². The summed E-state index contributed by atoms with van der Waals surface area (Å²) in [7, 11) is 0. The molecular weight excluding hydrogens is 356 g/mol. The molecule has 1 aliphatic rings. The molecule has 5 rings (SSSR count). The zero-order chi connectivity index (χ0) is 18.9. The maximum Gasteiger partial charge on any atom is 0.155 e. The quantitative estimate of drug-likeness (QED) is 0.554. The summed E-state index contributed by atoms with van der Waals surface area (Å²) in [5.41, 5.74) is 2.37. The van der Waals surface area contributed by atoms with Crippen LogP contribution in [0.5, 0.6) is 0 Å². The molecule has 7 heteroatoms. The molecule has 28 heavy (non-hydrogen) atoms. The zero-order valence-corrected chi connectivity index (χ0v) is 15.4. The number of nitrogens with zero attached hydrogens (tertiary/aromatic N) is 3. The number of hydrogen-bond acceptors (Lipinski definition) is 6. The lowest BCUT2D eigenvalue weighted by Crippen LogP contribution is -2.32. The van der Waals surface area contributed by atoms with E-state index in [1.165, 1.54) is 0 Å².